The molecule has 21 heavy (non-hydrogen) atoms. The van der Waals surface area contributed by atoms with Gasteiger partial charge in [-0.1, -0.05) is 48.5 Å². The largest absolute Gasteiger partial charge is 0.478 e. The van der Waals surface area contributed by atoms with Gasteiger partial charge in [0.15, 0.2) is 0 Å². The van der Waals surface area contributed by atoms with E-state index >= 15 is 0 Å². The van der Waals surface area contributed by atoms with Gasteiger partial charge in [0.1, 0.15) is 6.61 Å². The lowest BCUT2D eigenvalue weighted by Crippen LogP contribution is -2.11. The molecule has 0 aliphatic rings. The Kier molecular flexibility index (Phi) is 4.88. The zero-order valence-electron chi connectivity index (χ0n) is 11.2. The van der Waals surface area contributed by atoms with E-state index in [1.54, 1.807) is 18.2 Å². The highest BCUT2D eigenvalue weighted by atomic mass is 16.5. The molecule has 2 aromatic carbocycles. The van der Waals surface area contributed by atoms with Gasteiger partial charge in [-0.3, -0.25) is 0 Å². The molecule has 0 bridgehead atoms. The van der Waals surface area contributed by atoms with Crippen LogP contribution in [0.5, 0.6) is 0 Å². The van der Waals surface area contributed by atoms with Crippen LogP contribution < -0.4 is 0 Å². The first-order valence-electron chi connectivity index (χ1n) is 6.39. The fourth-order valence-corrected chi connectivity index (χ4v) is 1.80. The Labute approximate surface area is 122 Å². The van der Waals surface area contributed by atoms with Crippen LogP contribution in [0.25, 0.3) is 6.08 Å². The Bertz CT molecular complexity index is 660. The number of esters is 1. The molecule has 0 unspecified atom stereocenters. The van der Waals surface area contributed by atoms with Gasteiger partial charge in [-0.15, -0.1) is 0 Å². The summed E-state index contributed by atoms with van der Waals surface area (Å²) in [4.78, 5) is 22.9. The SMILES string of the molecule is O=C(O)c1ccccc1C(=O)OC/C=C/c1ccccc1. The molecule has 0 atom stereocenters. The minimum absolute atomic E-state index is 0.0538. The van der Waals surface area contributed by atoms with Gasteiger partial charge in [0, 0.05) is 0 Å². The van der Waals surface area contributed by atoms with E-state index in [4.69, 9.17) is 9.84 Å². The fourth-order valence-electron chi connectivity index (χ4n) is 1.80. The summed E-state index contributed by atoms with van der Waals surface area (Å²) in [6.45, 7) is 0.0850. The molecule has 0 spiro atoms. The second-order valence-corrected chi connectivity index (χ2v) is 4.26. The monoisotopic (exact) mass is 282 g/mol. The number of carbonyl (C=O) groups excluding carboxylic acids is 1. The van der Waals surface area contributed by atoms with Gasteiger partial charge in [-0.05, 0) is 23.8 Å². The van der Waals surface area contributed by atoms with Gasteiger partial charge in [-0.2, -0.15) is 0 Å². The predicted molar refractivity (Wildman–Crippen MR) is 79.2 cm³/mol. The van der Waals surface area contributed by atoms with Crippen LogP contribution in [0.4, 0.5) is 0 Å². The zero-order chi connectivity index (χ0) is 15.1. The van der Waals surface area contributed by atoms with Crippen molar-refractivity contribution in [3.05, 3.63) is 77.4 Å². The van der Waals surface area contributed by atoms with Gasteiger partial charge < -0.3 is 9.84 Å². The number of carboxylic acid groups (broad SMARTS) is 1. The summed E-state index contributed by atoms with van der Waals surface area (Å²) in [6.07, 6.45) is 3.53. The highest BCUT2D eigenvalue weighted by molar-refractivity contribution is 6.02. The van der Waals surface area contributed by atoms with Gasteiger partial charge in [-0.25, -0.2) is 9.59 Å². The highest BCUT2D eigenvalue weighted by Gasteiger charge is 2.16. The molecule has 0 fully saturated rings. The summed E-state index contributed by atoms with van der Waals surface area (Å²) >= 11 is 0. The molecular formula is C17H14O4. The Morgan fingerprint density at radius 2 is 1.57 bits per heavy atom. The predicted octanol–water partition coefficient (Wildman–Crippen LogP) is 3.26. The molecule has 0 saturated heterocycles. The number of aromatic carboxylic acids is 1. The average Bonchev–Trinajstić information content (AvgIpc) is 2.52. The normalized spacial score (nSPS) is 10.5. The molecule has 4 heteroatoms. The second kappa shape index (κ2) is 7.05. The topological polar surface area (TPSA) is 63.6 Å². The molecule has 2 aromatic rings. The molecule has 2 rings (SSSR count). The number of carbonyl (C=O) groups is 2. The molecule has 0 heterocycles. The number of hydrogen-bond acceptors (Lipinski definition) is 3. The van der Waals surface area contributed by atoms with Crippen LogP contribution in [0.2, 0.25) is 0 Å². The van der Waals surface area contributed by atoms with Crippen molar-refractivity contribution in [2.75, 3.05) is 6.61 Å². The van der Waals surface area contributed by atoms with Crippen molar-refractivity contribution in [1.82, 2.24) is 0 Å². The van der Waals surface area contributed by atoms with Crippen LogP contribution >= 0.6 is 0 Å². The number of ether oxygens (including phenoxy) is 1. The third-order valence-corrected chi connectivity index (χ3v) is 2.80. The lowest BCUT2D eigenvalue weighted by molar-refractivity contribution is 0.0537. The third kappa shape index (κ3) is 4.04. The van der Waals surface area contributed by atoms with Crippen LogP contribution in [0.3, 0.4) is 0 Å². The molecule has 0 aliphatic carbocycles. The van der Waals surface area contributed by atoms with Gasteiger partial charge >= 0.3 is 11.9 Å². The average molecular weight is 282 g/mol. The van der Waals surface area contributed by atoms with Crippen molar-refractivity contribution in [3.63, 3.8) is 0 Å². The van der Waals surface area contributed by atoms with Gasteiger partial charge in [0.05, 0.1) is 11.1 Å². The number of hydrogen-bond donors (Lipinski definition) is 1. The third-order valence-electron chi connectivity index (χ3n) is 2.80. The van der Waals surface area contributed by atoms with Crippen LogP contribution in [0.15, 0.2) is 60.7 Å². The second-order valence-electron chi connectivity index (χ2n) is 4.26. The van der Waals surface area contributed by atoms with E-state index in [0.717, 1.165) is 5.56 Å². The van der Waals surface area contributed by atoms with E-state index in [9.17, 15) is 9.59 Å². The summed E-state index contributed by atoms with van der Waals surface area (Å²) in [5.41, 5.74) is 0.993. The van der Waals surface area contributed by atoms with Gasteiger partial charge in [0.2, 0.25) is 0 Å². The summed E-state index contributed by atoms with van der Waals surface area (Å²) in [7, 11) is 0. The minimum Gasteiger partial charge on any atom is -0.478 e. The summed E-state index contributed by atoms with van der Waals surface area (Å²) in [6, 6.07) is 15.6. The standard InChI is InChI=1S/C17H14O4/c18-16(19)14-10-4-5-11-15(14)17(20)21-12-6-9-13-7-2-1-3-8-13/h1-11H,12H2,(H,18,19)/b9-6+. The molecule has 0 amide bonds. The number of benzene rings is 2. The number of carboxylic acids is 1. The van der Waals surface area contributed by atoms with Crippen molar-refractivity contribution in [1.29, 1.82) is 0 Å². The zero-order valence-corrected chi connectivity index (χ0v) is 11.2. The summed E-state index contributed by atoms with van der Waals surface area (Å²) in [5, 5.41) is 9.01. The van der Waals surface area contributed by atoms with Crippen LogP contribution in [0, 0.1) is 0 Å². The molecular weight excluding hydrogens is 268 g/mol. The minimum atomic E-state index is -1.15. The Morgan fingerprint density at radius 1 is 0.952 bits per heavy atom. The van der Waals surface area contributed by atoms with E-state index in [2.05, 4.69) is 0 Å². The van der Waals surface area contributed by atoms with E-state index in [-0.39, 0.29) is 17.7 Å². The van der Waals surface area contributed by atoms with Crippen molar-refractivity contribution in [2.45, 2.75) is 0 Å². The number of rotatable bonds is 5. The van der Waals surface area contributed by atoms with Crippen molar-refractivity contribution in [2.24, 2.45) is 0 Å². The van der Waals surface area contributed by atoms with Crippen molar-refractivity contribution < 1.29 is 19.4 Å². The maximum Gasteiger partial charge on any atom is 0.339 e. The summed E-state index contributed by atoms with van der Waals surface area (Å²) < 4.78 is 5.05. The van der Waals surface area contributed by atoms with Crippen molar-refractivity contribution in [3.8, 4) is 0 Å². The fraction of sp³-hybridized carbons (Fsp3) is 0.0588. The molecule has 1 N–H and O–H groups in total. The molecule has 4 nitrogen and oxygen atoms in total. The van der Waals surface area contributed by atoms with E-state index in [1.165, 1.54) is 12.1 Å². The lowest BCUT2D eigenvalue weighted by atomic mass is 10.1. The van der Waals surface area contributed by atoms with E-state index in [1.807, 2.05) is 36.4 Å². The molecule has 0 aromatic heterocycles. The smallest absolute Gasteiger partial charge is 0.339 e. The molecule has 106 valence electrons. The van der Waals surface area contributed by atoms with Crippen LogP contribution in [-0.2, 0) is 4.74 Å². The molecule has 0 aliphatic heterocycles. The first-order valence-corrected chi connectivity index (χ1v) is 6.39. The maximum absolute atomic E-state index is 11.9. The molecule has 0 saturated carbocycles. The Hall–Kier alpha value is -2.88. The quantitative estimate of drug-likeness (QED) is 0.855. The van der Waals surface area contributed by atoms with Crippen LogP contribution in [0.1, 0.15) is 26.3 Å². The highest BCUT2D eigenvalue weighted by Crippen LogP contribution is 2.10. The maximum atomic E-state index is 11.9. The van der Waals surface area contributed by atoms with Gasteiger partial charge in [0.25, 0.3) is 0 Å². The van der Waals surface area contributed by atoms with E-state index in [0.29, 0.717) is 0 Å². The first-order chi connectivity index (χ1) is 10.2. The Morgan fingerprint density at radius 3 is 2.24 bits per heavy atom. The lowest BCUT2D eigenvalue weighted by Gasteiger charge is -2.05. The summed E-state index contributed by atoms with van der Waals surface area (Å²) in [5.74, 6) is -1.80. The Balaban J connectivity index is 1.97. The van der Waals surface area contributed by atoms with Crippen LogP contribution in [-0.4, -0.2) is 23.7 Å². The first kappa shape index (κ1) is 14.5. The van der Waals surface area contributed by atoms with Crippen molar-refractivity contribution >= 4 is 18.0 Å². The molecule has 0 radical (unpaired) electrons. The van der Waals surface area contributed by atoms with E-state index < -0.39 is 11.9 Å².